The molecule has 8 atom stereocenters. The Morgan fingerprint density at radius 1 is 1.23 bits per heavy atom. The van der Waals surface area contributed by atoms with Gasteiger partial charge in [0.15, 0.2) is 0 Å². The van der Waals surface area contributed by atoms with Crippen molar-refractivity contribution in [1.82, 2.24) is 0 Å². The molecule has 0 bridgehead atoms. The number of carbonyl (C=O) groups excluding carboxylic acids is 1. The molecule has 8 heteroatoms. The maximum atomic E-state index is 12.5. The van der Waals surface area contributed by atoms with Crippen LogP contribution >= 0.6 is 7.82 Å². The van der Waals surface area contributed by atoms with Crippen LogP contribution in [0.15, 0.2) is 23.8 Å². The molecule has 4 aliphatic carbocycles. The highest BCUT2D eigenvalue weighted by atomic mass is 31.2. The fourth-order valence-electron chi connectivity index (χ4n) is 8.32. The molecule has 3 fully saturated rings. The molecule has 4 rings (SSSR count). The maximum Gasteiger partial charge on any atom is 0.472 e. The number of hydrogen-bond acceptors (Lipinski definition) is 6. The first-order valence-corrected chi connectivity index (χ1v) is 14.8. The molecule has 35 heavy (non-hydrogen) atoms. The first-order valence-electron chi connectivity index (χ1n) is 13.4. The summed E-state index contributed by atoms with van der Waals surface area (Å²) in [6.45, 7) is 13.1. The number of nitrogens with two attached hydrogens (primary N) is 1. The van der Waals surface area contributed by atoms with Crippen molar-refractivity contribution in [1.29, 1.82) is 0 Å². The Hall–Kier alpha value is -0.980. The molecule has 3 N–H and O–H groups in total. The van der Waals surface area contributed by atoms with Gasteiger partial charge in [-0.1, -0.05) is 39.0 Å². The van der Waals surface area contributed by atoms with Gasteiger partial charge < -0.3 is 15.4 Å². The molecular weight excluding hydrogens is 465 g/mol. The molecule has 7 nitrogen and oxygen atoms in total. The third-order valence-electron chi connectivity index (χ3n) is 10.1. The van der Waals surface area contributed by atoms with Crippen molar-refractivity contribution in [2.75, 3.05) is 13.2 Å². The molecule has 0 spiro atoms. The van der Waals surface area contributed by atoms with Crippen LogP contribution in [0.3, 0.4) is 0 Å². The third-order valence-corrected chi connectivity index (χ3v) is 11.2. The lowest BCUT2D eigenvalue weighted by Crippen LogP contribution is -2.56. The lowest BCUT2D eigenvalue weighted by atomic mass is 9.46. The number of hydrogen-bond donors (Lipinski definition) is 2. The van der Waals surface area contributed by atoms with Crippen molar-refractivity contribution in [2.45, 2.75) is 97.2 Å². The first-order chi connectivity index (χ1) is 16.4. The van der Waals surface area contributed by atoms with Crippen LogP contribution in [0.2, 0.25) is 0 Å². The predicted octanol–water partition coefficient (Wildman–Crippen LogP) is 5.68. The van der Waals surface area contributed by atoms with Crippen molar-refractivity contribution in [3.63, 3.8) is 0 Å². The fourth-order valence-corrected chi connectivity index (χ4v) is 9.28. The Morgan fingerprint density at radius 2 is 1.94 bits per heavy atom. The monoisotopic (exact) mass is 509 g/mol. The van der Waals surface area contributed by atoms with E-state index in [1.807, 2.05) is 13.8 Å². The zero-order valence-electron chi connectivity index (χ0n) is 21.9. The van der Waals surface area contributed by atoms with Gasteiger partial charge in [-0.25, -0.2) is 4.57 Å². The van der Waals surface area contributed by atoms with Gasteiger partial charge in [-0.05, 0) is 87.0 Å². The van der Waals surface area contributed by atoms with Crippen LogP contribution in [0.25, 0.3) is 0 Å². The molecule has 0 aromatic carbocycles. The Balaban J connectivity index is 1.55. The van der Waals surface area contributed by atoms with Gasteiger partial charge in [0.25, 0.3) is 0 Å². The van der Waals surface area contributed by atoms with E-state index in [0.717, 1.165) is 50.5 Å². The predicted molar refractivity (Wildman–Crippen MR) is 135 cm³/mol. The molecule has 0 heterocycles. The molecule has 0 radical (unpaired) electrons. The topological polar surface area (TPSA) is 108 Å². The van der Waals surface area contributed by atoms with Crippen LogP contribution in [0.1, 0.15) is 85.5 Å². The lowest BCUT2D eigenvalue weighted by molar-refractivity contribution is -0.175. The number of esters is 1. The standard InChI is InChI=1S/C27H44NO6P/c1-6-24(29)33-27(18(2)3)14-11-23-21-8-7-19-17-20(34-35(30,31)32-16-15-28)9-12-25(19,4)22(21)10-13-26(23,27)5/h7,20-23H,2,6,8-17,28H2,1,3-5H3,(H,30,31)/t20?,21?,22-,23-,25-,26-,27-/m0/s1. The average Bonchev–Trinajstić information content (AvgIpc) is 3.11. The van der Waals surface area contributed by atoms with Gasteiger partial charge in [-0.15, -0.1) is 0 Å². The summed E-state index contributed by atoms with van der Waals surface area (Å²) in [6.07, 6.45) is 9.80. The molecular formula is C27H44NO6P. The van der Waals surface area contributed by atoms with E-state index >= 15 is 0 Å². The summed E-state index contributed by atoms with van der Waals surface area (Å²) in [5.41, 5.74) is 7.12. The lowest BCUT2D eigenvalue weighted by Gasteiger charge is -2.59. The minimum absolute atomic E-state index is 0.00403. The maximum absolute atomic E-state index is 12.5. The quantitative estimate of drug-likeness (QED) is 0.246. The van der Waals surface area contributed by atoms with Gasteiger partial charge in [0.05, 0.1) is 12.7 Å². The number of carbonyl (C=O) groups is 1. The summed E-state index contributed by atoms with van der Waals surface area (Å²) in [7, 11) is -4.09. The normalized spacial score (nSPS) is 42.2. The summed E-state index contributed by atoms with van der Waals surface area (Å²) in [5.74, 6) is 1.44. The molecule has 0 aromatic heterocycles. The van der Waals surface area contributed by atoms with Gasteiger partial charge in [0.2, 0.25) is 0 Å². The Bertz CT molecular complexity index is 935. The van der Waals surface area contributed by atoms with Crippen LogP contribution in [0.5, 0.6) is 0 Å². The van der Waals surface area contributed by atoms with Crippen molar-refractivity contribution in [3.8, 4) is 0 Å². The van der Waals surface area contributed by atoms with E-state index in [4.69, 9.17) is 19.5 Å². The summed E-state index contributed by atoms with van der Waals surface area (Å²) in [6, 6.07) is 0. The second-order valence-corrected chi connectivity index (χ2v) is 13.2. The molecule has 0 amide bonds. The zero-order valence-corrected chi connectivity index (χ0v) is 22.8. The van der Waals surface area contributed by atoms with Gasteiger partial charge in [0.1, 0.15) is 5.60 Å². The van der Waals surface area contributed by atoms with E-state index in [2.05, 4.69) is 26.5 Å². The van der Waals surface area contributed by atoms with Crippen LogP contribution in [-0.2, 0) is 23.1 Å². The van der Waals surface area contributed by atoms with E-state index < -0.39 is 13.4 Å². The van der Waals surface area contributed by atoms with E-state index in [1.165, 1.54) is 5.57 Å². The fraction of sp³-hybridized carbons (Fsp3) is 0.815. The van der Waals surface area contributed by atoms with Crippen molar-refractivity contribution in [2.24, 2.45) is 34.3 Å². The largest absolute Gasteiger partial charge is 0.472 e. The summed E-state index contributed by atoms with van der Waals surface area (Å²) >= 11 is 0. The van der Waals surface area contributed by atoms with Gasteiger partial charge >= 0.3 is 13.8 Å². The molecule has 0 aromatic rings. The summed E-state index contributed by atoms with van der Waals surface area (Å²) < 4.78 is 29.0. The summed E-state index contributed by atoms with van der Waals surface area (Å²) in [4.78, 5) is 22.5. The second-order valence-electron chi connectivity index (χ2n) is 11.7. The van der Waals surface area contributed by atoms with Gasteiger partial charge in [-0.3, -0.25) is 13.8 Å². The van der Waals surface area contributed by atoms with Gasteiger partial charge in [-0.2, -0.15) is 0 Å². The minimum Gasteiger partial charge on any atom is -0.454 e. The Kier molecular flexibility index (Phi) is 7.52. The van der Waals surface area contributed by atoms with E-state index in [-0.39, 0.29) is 36.1 Å². The van der Waals surface area contributed by atoms with Crippen LogP contribution in [0, 0.1) is 28.6 Å². The number of allylic oxidation sites excluding steroid dienone is 1. The molecule has 3 unspecified atom stereocenters. The molecule has 3 saturated carbocycles. The highest BCUT2D eigenvalue weighted by molar-refractivity contribution is 7.47. The number of phosphoric acid groups is 1. The summed E-state index contributed by atoms with van der Waals surface area (Å²) in [5, 5.41) is 0. The molecule has 198 valence electrons. The van der Waals surface area contributed by atoms with Gasteiger partial charge in [0, 0.05) is 18.4 Å². The molecule has 4 aliphatic rings. The van der Waals surface area contributed by atoms with E-state index in [1.54, 1.807) is 0 Å². The average molecular weight is 510 g/mol. The third kappa shape index (κ3) is 4.50. The second kappa shape index (κ2) is 9.72. The molecule has 0 aliphatic heterocycles. The van der Waals surface area contributed by atoms with Crippen LogP contribution in [0.4, 0.5) is 0 Å². The van der Waals surface area contributed by atoms with E-state index in [0.29, 0.717) is 30.6 Å². The minimum atomic E-state index is -4.09. The Morgan fingerprint density at radius 3 is 2.60 bits per heavy atom. The number of fused-ring (bicyclic) bond motifs is 5. The van der Waals surface area contributed by atoms with Crippen LogP contribution < -0.4 is 5.73 Å². The van der Waals surface area contributed by atoms with Crippen molar-refractivity contribution < 1.29 is 28.0 Å². The smallest absolute Gasteiger partial charge is 0.454 e. The van der Waals surface area contributed by atoms with E-state index in [9.17, 15) is 14.3 Å². The highest BCUT2D eigenvalue weighted by Gasteiger charge is 2.66. The highest BCUT2D eigenvalue weighted by Crippen LogP contribution is 2.69. The van der Waals surface area contributed by atoms with Crippen molar-refractivity contribution in [3.05, 3.63) is 23.8 Å². The molecule has 0 saturated heterocycles. The van der Waals surface area contributed by atoms with Crippen molar-refractivity contribution >= 4 is 13.8 Å². The Labute approximate surface area is 210 Å². The number of rotatable bonds is 8. The first kappa shape index (κ1) is 27.1. The SMILES string of the molecule is C=C(C)[C@@]1(OC(=O)CC)CC[C@H]2C3CC=C4CC(OP(=O)(O)OCCN)CC[C@]4(C)[C@H]3CC[C@@]21C. The number of ether oxygens (including phenoxy) is 1. The number of phosphoric ester groups is 1. The van der Waals surface area contributed by atoms with Crippen LogP contribution in [-0.4, -0.2) is 35.7 Å². The zero-order chi connectivity index (χ0) is 25.6.